The van der Waals surface area contributed by atoms with Gasteiger partial charge < -0.3 is 24.8 Å². The molecule has 0 bridgehead atoms. The van der Waals surface area contributed by atoms with Gasteiger partial charge in [-0.05, 0) is 70.1 Å². The number of carbonyl (C=O) groups is 3. The van der Waals surface area contributed by atoms with E-state index < -0.39 is 23.6 Å². The van der Waals surface area contributed by atoms with Gasteiger partial charge in [-0.2, -0.15) is 0 Å². The Morgan fingerprint density at radius 2 is 1.74 bits per heavy atom. The smallest absolute Gasteiger partial charge is 0.407 e. The standard InChI is InChI=1S/C30H40N2O6/c1-30(2,3)38-29(36)31-17-9-15-23-14-7-8-16-26(23)37-21-25-19-24(20-27(33)34)28(35)32(25)18-10-13-22-11-5-4-6-12-22/h4-8,11-12,14,16,24-25H,9-10,13,15,17-21H2,1-3H3,(H,31,36)(H,33,34)/t24-,25-/m0/s1. The number of para-hydroxylation sites is 1. The molecule has 38 heavy (non-hydrogen) atoms. The van der Waals surface area contributed by atoms with Crippen LogP contribution in [0.3, 0.4) is 0 Å². The number of nitrogens with one attached hydrogen (secondary N) is 1. The number of carboxylic acid groups (broad SMARTS) is 1. The van der Waals surface area contributed by atoms with Crippen LogP contribution >= 0.6 is 0 Å². The summed E-state index contributed by atoms with van der Waals surface area (Å²) >= 11 is 0. The van der Waals surface area contributed by atoms with Crippen molar-refractivity contribution in [3.8, 4) is 5.75 Å². The molecule has 2 amide bonds. The number of alkyl carbamates (subject to hydrolysis) is 1. The number of carbonyl (C=O) groups excluding carboxylic acids is 2. The Kier molecular flexibility index (Phi) is 10.6. The van der Waals surface area contributed by atoms with Crippen LogP contribution in [0.1, 0.15) is 57.6 Å². The van der Waals surface area contributed by atoms with Crippen LogP contribution in [0.15, 0.2) is 54.6 Å². The van der Waals surface area contributed by atoms with Gasteiger partial charge in [-0.1, -0.05) is 48.5 Å². The lowest BCUT2D eigenvalue weighted by Gasteiger charge is -2.25. The van der Waals surface area contributed by atoms with Crippen molar-refractivity contribution >= 4 is 18.0 Å². The first kappa shape index (κ1) is 29.0. The van der Waals surface area contributed by atoms with Crippen LogP contribution in [0.5, 0.6) is 5.75 Å². The molecule has 2 aromatic rings. The Labute approximate surface area is 225 Å². The maximum Gasteiger partial charge on any atom is 0.407 e. The first-order valence-electron chi connectivity index (χ1n) is 13.4. The molecule has 8 heteroatoms. The molecule has 0 aromatic heterocycles. The van der Waals surface area contributed by atoms with Crippen LogP contribution in [-0.2, 0) is 27.2 Å². The fraction of sp³-hybridized carbons (Fsp3) is 0.500. The van der Waals surface area contributed by atoms with E-state index in [1.165, 1.54) is 5.56 Å². The van der Waals surface area contributed by atoms with Gasteiger partial charge >= 0.3 is 12.1 Å². The predicted molar refractivity (Wildman–Crippen MR) is 145 cm³/mol. The molecule has 2 aromatic carbocycles. The average molecular weight is 525 g/mol. The van der Waals surface area contributed by atoms with Crippen molar-refractivity contribution in [2.75, 3.05) is 19.7 Å². The minimum Gasteiger partial charge on any atom is -0.491 e. The molecule has 1 aliphatic heterocycles. The molecule has 1 saturated heterocycles. The molecule has 3 rings (SSSR count). The first-order chi connectivity index (χ1) is 18.1. The van der Waals surface area contributed by atoms with E-state index in [0.29, 0.717) is 39.0 Å². The first-order valence-corrected chi connectivity index (χ1v) is 13.4. The molecule has 0 unspecified atom stereocenters. The fourth-order valence-electron chi connectivity index (χ4n) is 4.72. The van der Waals surface area contributed by atoms with Crippen molar-refractivity contribution in [1.29, 1.82) is 0 Å². The van der Waals surface area contributed by atoms with Crippen LogP contribution < -0.4 is 10.1 Å². The van der Waals surface area contributed by atoms with Gasteiger partial charge in [0.05, 0.1) is 18.4 Å². The van der Waals surface area contributed by atoms with Gasteiger partial charge in [0.2, 0.25) is 5.91 Å². The van der Waals surface area contributed by atoms with E-state index in [1.54, 1.807) is 0 Å². The number of rotatable bonds is 13. The van der Waals surface area contributed by atoms with Crippen LogP contribution in [-0.4, -0.2) is 59.3 Å². The Balaban J connectivity index is 1.55. The molecular weight excluding hydrogens is 484 g/mol. The quantitative estimate of drug-likeness (QED) is 0.363. The number of amides is 2. The second kappa shape index (κ2) is 13.8. The predicted octanol–water partition coefficient (Wildman–Crippen LogP) is 4.85. The molecule has 1 fully saturated rings. The maximum absolute atomic E-state index is 13.1. The Bertz CT molecular complexity index is 1070. The van der Waals surface area contributed by atoms with E-state index in [-0.39, 0.29) is 18.4 Å². The van der Waals surface area contributed by atoms with E-state index >= 15 is 0 Å². The molecule has 0 spiro atoms. The van der Waals surface area contributed by atoms with Gasteiger partial charge in [-0.25, -0.2) is 4.79 Å². The van der Waals surface area contributed by atoms with Crippen molar-refractivity contribution in [2.45, 2.75) is 70.9 Å². The van der Waals surface area contributed by atoms with Gasteiger partial charge in [0.25, 0.3) is 0 Å². The van der Waals surface area contributed by atoms with Gasteiger partial charge in [0.15, 0.2) is 0 Å². The zero-order valence-corrected chi connectivity index (χ0v) is 22.7. The zero-order valence-electron chi connectivity index (χ0n) is 22.7. The summed E-state index contributed by atoms with van der Waals surface area (Å²) in [4.78, 5) is 38.1. The third-order valence-corrected chi connectivity index (χ3v) is 6.45. The monoisotopic (exact) mass is 524 g/mol. The summed E-state index contributed by atoms with van der Waals surface area (Å²) in [5.41, 5.74) is 1.69. The van der Waals surface area contributed by atoms with E-state index in [9.17, 15) is 19.5 Å². The van der Waals surface area contributed by atoms with Crippen molar-refractivity contribution in [3.05, 3.63) is 65.7 Å². The maximum atomic E-state index is 13.1. The molecule has 0 aliphatic carbocycles. The number of benzene rings is 2. The van der Waals surface area contributed by atoms with Gasteiger partial charge in [0, 0.05) is 13.1 Å². The highest BCUT2D eigenvalue weighted by molar-refractivity contribution is 5.85. The number of aryl methyl sites for hydroxylation is 2. The van der Waals surface area contributed by atoms with Gasteiger partial charge in [-0.15, -0.1) is 0 Å². The minimum absolute atomic E-state index is 0.101. The number of hydrogen-bond acceptors (Lipinski definition) is 5. The molecule has 1 heterocycles. The Hall–Kier alpha value is -3.55. The molecular formula is C30H40N2O6. The van der Waals surface area contributed by atoms with Crippen LogP contribution in [0.2, 0.25) is 0 Å². The Morgan fingerprint density at radius 1 is 1.03 bits per heavy atom. The van der Waals surface area contributed by atoms with E-state index in [2.05, 4.69) is 17.4 Å². The second-order valence-corrected chi connectivity index (χ2v) is 10.8. The lowest BCUT2D eigenvalue weighted by Crippen LogP contribution is -2.38. The fourth-order valence-corrected chi connectivity index (χ4v) is 4.72. The normalized spacial score (nSPS) is 17.3. The third-order valence-electron chi connectivity index (χ3n) is 6.45. The molecule has 2 atom stereocenters. The molecule has 0 saturated carbocycles. The summed E-state index contributed by atoms with van der Waals surface area (Å²) in [6.45, 7) is 6.83. The summed E-state index contributed by atoms with van der Waals surface area (Å²) < 4.78 is 11.5. The highest BCUT2D eigenvalue weighted by Gasteiger charge is 2.40. The number of likely N-dealkylation sites (tertiary alicyclic amines) is 1. The SMILES string of the molecule is CC(C)(C)OC(=O)NCCCc1ccccc1OC[C@@H]1C[C@@H](CC(=O)O)C(=O)N1CCCc1ccccc1. The van der Waals surface area contributed by atoms with Crippen LogP contribution in [0.4, 0.5) is 4.79 Å². The zero-order chi connectivity index (χ0) is 27.5. The van der Waals surface area contributed by atoms with Crippen molar-refractivity contribution in [3.63, 3.8) is 0 Å². The lowest BCUT2D eigenvalue weighted by molar-refractivity contribution is -0.142. The molecule has 2 N–H and O–H groups in total. The summed E-state index contributed by atoms with van der Waals surface area (Å²) in [7, 11) is 0. The van der Waals surface area contributed by atoms with E-state index in [1.807, 2.05) is 68.1 Å². The van der Waals surface area contributed by atoms with Crippen molar-refractivity contribution in [1.82, 2.24) is 10.2 Å². The molecule has 1 aliphatic rings. The number of nitrogens with zero attached hydrogens (tertiary/aromatic N) is 1. The Morgan fingerprint density at radius 3 is 2.45 bits per heavy atom. The second-order valence-electron chi connectivity index (χ2n) is 10.8. The van der Waals surface area contributed by atoms with Crippen LogP contribution in [0, 0.1) is 5.92 Å². The molecule has 0 radical (unpaired) electrons. The number of ether oxygens (including phenoxy) is 2. The topological polar surface area (TPSA) is 105 Å². The van der Waals surface area contributed by atoms with Crippen molar-refractivity contribution < 1.29 is 29.0 Å². The van der Waals surface area contributed by atoms with E-state index in [0.717, 1.165) is 24.2 Å². The lowest BCUT2D eigenvalue weighted by atomic mass is 10.0. The number of carboxylic acids is 1. The summed E-state index contributed by atoms with van der Waals surface area (Å²) in [6, 6.07) is 17.7. The molecule has 206 valence electrons. The molecule has 8 nitrogen and oxygen atoms in total. The average Bonchev–Trinajstić information content (AvgIpc) is 3.14. The summed E-state index contributed by atoms with van der Waals surface area (Å²) in [5.74, 6) is -0.842. The highest BCUT2D eigenvalue weighted by atomic mass is 16.6. The third kappa shape index (κ3) is 9.39. The largest absolute Gasteiger partial charge is 0.491 e. The summed E-state index contributed by atoms with van der Waals surface area (Å²) in [5, 5.41) is 12.1. The minimum atomic E-state index is -0.959. The van der Waals surface area contributed by atoms with Gasteiger partial charge in [0.1, 0.15) is 18.0 Å². The number of hydrogen-bond donors (Lipinski definition) is 2. The highest BCUT2D eigenvalue weighted by Crippen LogP contribution is 2.29. The van der Waals surface area contributed by atoms with Crippen LogP contribution in [0.25, 0.3) is 0 Å². The van der Waals surface area contributed by atoms with E-state index in [4.69, 9.17) is 9.47 Å². The number of aliphatic carboxylic acids is 1. The van der Waals surface area contributed by atoms with Crippen molar-refractivity contribution in [2.24, 2.45) is 5.92 Å². The van der Waals surface area contributed by atoms with Gasteiger partial charge in [-0.3, -0.25) is 9.59 Å². The summed E-state index contributed by atoms with van der Waals surface area (Å²) in [6.07, 6.45) is 2.95.